The molecule has 0 aromatic carbocycles. The molecule has 27 heavy (non-hydrogen) atoms. The zero-order valence-electron chi connectivity index (χ0n) is 15.6. The van der Waals surface area contributed by atoms with E-state index in [1.165, 1.54) is 11.8 Å². The second-order valence-electron chi connectivity index (χ2n) is 7.14. The van der Waals surface area contributed by atoms with Crippen LogP contribution in [-0.4, -0.2) is 26.3 Å². The quantitative estimate of drug-likeness (QED) is 0.540. The Labute approximate surface area is 167 Å². The average Bonchev–Trinajstić information content (AvgIpc) is 3.30. The average molecular weight is 408 g/mol. The van der Waals surface area contributed by atoms with Crippen LogP contribution in [0.4, 0.5) is 0 Å². The maximum atomic E-state index is 12.5. The van der Waals surface area contributed by atoms with E-state index in [1.54, 1.807) is 15.9 Å². The minimum absolute atomic E-state index is 0.0349. The standard InChI is InChI=1S/C19H25N3O3S2/c1-12(2)18(14-8-5-9-26-14)20-16(24)11-27-19-21-15(23)10-17(25)22(19)13-6-3-4-7-13/h5,8-10,12-13,18,23H,3-4,6-7,11H2,1-2H3,(H,20,24)/t18-/m0/s1. The lowest BCUT2D eigenvalue weighted by molar-refractivity contribution is -0.119. The van der Waals surface area contributed by atoms with Gasteiger partial charge in [0.1, 0.15) is 0 Å². The van der Waals surface area contributed by atoms with Gasteiger partial charge in [0.25, 0.3) is 5.56 Å². The molecule has 0 spiro atoms. The van der Waals surface area contributed by atoms with E-state index in [-0.39, 0.29) is 41.1 Å². The van der Waals surface area contributed by atoms with Crippen LogP contribution in [0.5, 0.6) is 5.88 Å². The van der Waals surface area contributed by atoms with Crippen molar-refractivity contribution in [2.45, 2.75) is 56.8 Å². The Morgan fingerprint density at radius 2 is 2.19 bits per heavy atom. The summed E-state index contributed by atoms with van der Waals surface area (Å²) in [7, 11) is 0. The van der Waals surface area contributed by atoms with Crippen LogP contribution in [0, 0.1) is 5.92 Å². The van der Waals surface area contributed by atoms with Crippen LogP contribution >= 0.6 is 23.1 Å². The number of nitrogens with zero attached hydrogens (tertiary/aromatic N) is 2. The first-order valence-corrected chi connectivity index (χ1v) is 11.1. The summed E-state index contributed by atoms with van der Waals surface area (Å²) in [4.78, 5) is 30.1. The largest absolute Gasteiger partial charge is 0.493 e. The van der Waals surface area contributed by atoms with Crippen LogP contribution in [0.25, 0.3) is 0 Å². The van der Waals surface area contributed by atoms with Crippen molar-refractivity contribution in [3.63, 3.8) is 0 Å². The normalized spacial score (nSPS) is 16.0. The molecule has 6 nitrogen and oxygen atoms in total. The summed E-state index contributed by atoms with van der Waals surface area (Å²) < 4.78 is 1.64. The molecule has 2 aromatic rings. The lowest BCUT2D eigenvalue weighted by atomic mass is 10.0. The molecule has 0 bridgehead atoms. The highest BCUT2D eigenvalue weighted by Crippen LogP contribution is 2.32. The predicted octanol–water partition coefficient (Wildman–Crippen LogP) is 3.73. The fraction of sp³-hybridized carbons (Fsp3) is 0.526. The van der Waals surface area contributed by atoms with Crippen LogP contribution in [-0.2, 0) is 4.79 Å². The molecule has 1 amide bonds. The van der Waals surface area contributed by atoms with E-state index < -0.39 is 0 Å². The zero-order valence-corrected chi connectivity index (χ0v) is 17.2. The van der Waals surface area contributed by atoms with Crippen molar-refractivity contribution in [2.75, 3.05) is 5.75 Å². The van der Waals surface area contributed by atoms with E-state index in [4.69, 9.17) is 0 Å². The second-order valence-corrected chi connectivity index (χ2v) is 9.06. The number of rotatable bonds is 7. The fourth-order valence-corrected chi connectivity index (χ4v) is 5.27. The van der Waals surface area contributed by atoms with Gasteiger partial charge < -0.3 is 10.4 Å². The molecule has 1 fully saturated rings. The van der Waals surface area contributed by atoms with E-state index in [1.807, 2.05) is 17.5 Å². The van der Waals surface area contributed by atoms with Gasteiger partial charge in [-0.15, -0.1) is 11.3 Å². The zero-order chi connectivity index (χ0) is 19.4. The Bertz CT molecular complexity index is 827. The van der Waals surface area contributed by atoms with Gasteiger partial charge >= 0.3 is 0 Å². The number of hydrogen-bond donors (Lipinski definition) is 2. The van der Waals surface area contributed by atoms with E-state index in [0.717, 1.165) is 36.6 Å². The van der Waals surface area contributed by atoms with Crippen molar-refractivity contribution >= 4 is 29.0 Å². The molecule has 1 aliphatic rings. The first kappa shape index (κ1) is 19.9. The molecule has 2 aromatic heterocycles. The molecule has 2 N–H and O–H groups in total. The first-order valence-electron chi connectivity index (χ1n) is 9.24. The number of aromatic hydroxyl groups is 1. The lowest BCUT2D eigenvalue weighted by Gasteiger charge is -2.21. The summed E-state index contributed by atoms with van der Waals surface area (Å²) in [5.41, 5.74) is -0.254. The Kier molecular flexibility index (Phi) is 6.59. The number of aromatic nitrogens is 2. The molecule has 1 aliphatic carbocycles. The second kappa shape index (κ2) is 8.93. The molecule has 0 unspecified atom stereocenters. The molecule has 3 rings (SSSR count). The van der Waals surface area contributed by atoms with E-state index >= 15 is 0 Å². The number of thioether (sulfide) groups is 1. The van der Waals surface area contributed by atoms with Crippen molar-refractivity contribution in [1.82, 2.24) is 14.9 Å². The van der Waals surface area contributed by atoms with Crippen molar-refractivity contribution in [3.8, 4) is 5.88 Å². The highest BCUT2D eigenvalue weighted by atomic mass is 32.2. The molecule has 0 saturated heterocycles. The Morgan fingerprint density at radius 1 is 1.44 bits per heavy atom. The molecule has 8 heteroatoms. The number of thiophene rings is 1. The third-order valence-corrected chi connectivity index (χ3v) is 6.67. The third kappa shape index (κ3) is 4.93. The number of hydrogen-bond acceptors (Lipinski definition) is 6. The summed E-state index contributed by atoms with van der Waals surface area (Å²) in [6.45, 7) is 4.15. The minimum Gasteiger partial charge on any atom is -0.493 e. The SMILES string of the molecule is CC(C)[C@H](NC(=O)CSc1nc(O)cc(=O)n1C1CCCC1)c1cccs1. The van der Waals surface area contributed by atoms with Crippen LogP contribution in [0.1, 0.15) is 56.5 Å². The minimum atomic E-state index is -0.296. The maximum absolute atomic E-state index is 12.5. The highest BCUT2D eigenvalue weighted by molar-refractivity contribution is 7.99. The van der Waals surface area contributed by atoms with Crippen molar-refractivity contribution in [3.05, 3.63) is 38.8 Å². The highest BCUT2D eigenvalue weighted by Gasteiger charge is 2.24. The molecular weight excluding hydrogens is 382 g/mol. The first-order chi connectivity index (χ1) is 13.0. The third-order valence-electron chi connectivity index (χ3n) is 4.76. The Morgan fingerprint density at radius 3 is 2.81 bits per heavy atom. The van der Waals surface area contributed by atoms with Gasteiger partial charge in [-0.2, -0.15) is 4.98 Å². The lowest BCUT2D eigenvalue weighted by Crippen LogP contribution is -2.33. The predicted molar refractivity (Wildman–Crippen MR) is 108 cm³/mol. The van der Waals surface area contributed by atoms with E-state index in [9.17, 15) is 14.7 Å². The number of carbonyl (C=O) groups excluding carboxylic acids is 1. The molecule has 0 aliphatic heterocycles. The van der Waals surface area contributed by atoms with Gasteiger partial charge in [0.15, 0.2) is 5.16 Å². The Hall–Kier alpha value is -1.80. The van der Waals surface area contributed by atoms with Gasteiger partial charge in [-0.05, 0) is 30.2 Å². The molecule has 0 radical (unpaired) electrons. The topological polar surface area (TPSA) is 84.2 Å². The van der Waals surface area contributed by atoms with Gasteiger partial charge in [0, 0.05) is 10.9 Å². The number of carbonyl (C=O) groups is 1. The summed E-state index contributed by atoms with van der Waals surface area (Å²) >= 11 is 2.83. The summed E-state index contributed by atoms with van der Waals surface area (Å²) in [5.74, 6) is 0.0173. The maximum Gasteiger partial charge on any atom is 0.258 e. The van der Waals surface area contributed by atoms with Gasteiger partial charge in [-0.3, -0.25) is 14.2 Å². The van der Waals surface area contributed by atoms with Gasteiger partial charge in [0.05, 0.1) is 17.9 Å². The van der Waals surface area contributed by atoms with Crippen LogP contribution in [0.3, 0.4) is 0 Å². The monoisotopic (exact) mass is 407 g/mol. The van der Waals surface area contributed by atoms with Gasteiger partial charge in [-0.25, -0.2) is 0 Å². The van der Waals surface area contributed by atoms with Crippen LogP contribution in [0.2, 0.25) is 0 Å². The van der Waals surface area contributed by atoms with Crippen LogP contribution in [0.15, 0.2) is 33.5 Å². The van der Waals surface area contributed by atoms with E-state index in [0.29, 0.717) is 5.16 Å². The van der Waals surface area contributed by atoms with Crippen molar-refractivity contribution in [1.29, 1.82) is 0 Å². The van der Waals surface area contributed by atoms with Crippen LogP contribution < -0.4 is 10.9 Å². The molecule has 2 heterocycles. The smallest absolute Gasteiger partial charge is 0.258 e. The van der Waals surface area contributed by atoms with Crippen molar-refractivity contribution < 1.29 is 9.90 Å². The summed E-state index contributed by atoms with van der Waals surface area (Å²) in [6.07, 6.45) is 4.03. The number of nitrogens with one attached hydrogen (secondary N) is 1. The summed E-state index contributed by atoms with van der Waals surface area (Å²) in [5, 5.41) is 15.2. The van der Waals surface area contributed by atoms with Gasteiger partial charge in [-0.1, -0.05) is 44.5 Å². The van der Waals surface area contributed by atoms with E-state index in [2.05, 4.69) is 24.1 Å². The van der Waals surface area contributed by atoms with Gasteiger partial charge in [0.2, 0.25) is 11.8 Å². The molecule has 146 valence electrons. The molecule has 1 atom stereocenters. The fourth-order valence-electron chi connectivity index (χ4n) is 3.44. The molecule has 1 saturated carbocycles. The summed E-state index contributed by atoms with van der Waals surface area (Å²) in [6, 6.07) is 5.22. The van der Waals surface area contributed by atoms with Crippen molar-refractivity contribution in [2.24, 2.45) is 5.92 Å². The number of amides is 1. The molecular formula is C19H25N3O3S2. The Balaban J connectivity index is 1.70.